The van der Waals surface area contributed by atoms with Gasteiger partial charge in [0.2, 0.25) is 0 Å². The number of unbranched alkanes of at least 4 members (excludes halogenated alkanes) is 2. The fourth-order valence-corrected chi connectivity index (χ4v) is 1.96. The maximum atomic E-state index is 6.06. The van der Waals surface area contributed by atoms with E-state index in [2.05, 4.69) is 26.1 Å². The first-order chi connectivity index (χ1) is 8.99. The van der Waals surface area contributed by atoms with Crippen LogP contribution in [-0.2, 0) is 11.3 Å². The van der Waals surface area contributed by atoms with Crippen LogP contribution in [-0.4, -0.2) is 18.7 Å². The van der Waals surface area contributed by atoms with Crippen molar-refractivity contribution in [3.63, 3.8) is 0 Å². The van der Waals surface area contributed by atoms with Gasteiger partial charge in [-0.3, -0.25) is 0 Å². The van der Waals surface area contributed by atoms with Gasteiger partial charge in [0.1, 0.15) is 0 Å². The molecule has 0 saturated carbocycles. The number of hydrogen-bond acceptors (Lipinski definition) is 2. The van der Waals surface area contributed by atoms with E-state index in [-0.39, 0.29) is 5.54 Å². The van der Waals surface area contributed by atoms with Gasteiger partial charge in [0.15, 0.2) is 0 Å². The summed E-state index contributed by atoms with van der Waals surface area (Å²) < 4.78 is 5.64. The second-order valence-electron chi connectivity index (χ2n) is 5.88. The summed E-state index contributed by atoms with van der Waals surface area (Å²) in [7, 11) is 0. The Morgan fingerprint density at radius 3 is 2.53 bits per heavy atom. The van der Waals surface area contributed by atoms with Crippen molar-refractivity contribution < 1.29 is 4.74 Å². The molecule has 0 spiro atoms. The predicted octanol–water partition coefficient (Wildman–Crippen LogP) is 4.42. The molecule has 0 atom stereocenters. The molecule has 108 valence electrons. The minimum atomic E-state index is 0.223. The molecule has 0 aliphatic carbocycles. The van der Waals surface area contributed by atoms with Gasteiger partial charge in [-0.1, -0.05) is 29.8 Å². The third-order valence-corrected chi connectivity index (χ3v) is 3.20. The van der Waals surface area contributed by atoms with Gasteiger partial charge in [0.25, 0.3) is 0 Å². The number of benzene rings is 1. The van der Waals surface area contributed by atoms with Crippen molar-refractivity contribution in [1.29, 1.82) is 0 Å². The molecule has 0 saturated heterocycles. The minimum Gasteiger partial charge on any atom is -0.377 e. The van der Waals surface area contributed by atoms with Crippen molar-refractivity contribution >= 4 is 11.6 Å². The lowest BCUT2D eigenvalue weighted by atomic mass is 10.1. The number of hydrogen-bond donors (Lipinski definition) is 1. The summed E-state index contributed by atoms with van der Waals surface area (Å²) in [5.41, 5.74) is 1.29. The molecule has 0 heterocycles. The Morgan fingerprint density at radius 1 is 1.11 bits per heavy atom. The molecule has 0 aromatic heterocycles. The molecule has 1 aromatic carbocycles. The molecule has 0 aliphatic rings. The second-order valence-corrected chi connectivity index (χ2v) is 6.29. The SMILES string of the molecule is CC(C)(C)NCCCCCOCc1ccccc1Cl. The second kappa shape index (κ2) is 8.57. The summed E-state index contributed by atoms with van der Waals surface area (Å²) in [4.78, 5) is 0. The van der Waals surface area contributed by atoms with Gasteiger partial charge in [-0.15, -0.1) is 0 Å². The molecule has 1 rings (SSSR count). The molecule has 19 heavy (non-hydrogen) atoms. The van der Waals surface area contributed by atoms with E-state index < -0.39 is 0 Å². The average Bonchev–Trinajstić information content (AvgIpc) is 2.33. The van der Waals surface area contributed by atoms with Crippen LogP contribution in [0.5, 0.6) is 0 Å². The topological polar surface area (TPSA) is 21.3 Å². The molecule has 3 heteroatoms. The van der Waals surface area contributed by atoms with Crippen LogP contribution in [0, 0.1) is 0 Å². The van der Waals surface area contributed by atoms with E-state index in [4.69, 9.17) is 16.3 Å². The van der Waals surface area contributed by atoms with Crippen molar-refractivity contribution in [3.8, 4) is 0 Å². The van der Waals surface area contributed by atoms with Crippen LogP contribution in [0.4, 0.5) is 0 Å². The van der Waals surface area contributed by atoms with Crippen molar-refractivity contribution in [2.45, 2.75) is 52.2 Å². The van der Waals surface area contributed by atoms with E-state index >= 15 is 0 Å². The molecular weight excluding hydrogens is 258 g/mol. The standard InChI is InChI=1S/C16H26ClNO/c1-16(2,3)18-11-7-4-8-12-19-13-14-9-5-6-10-15(14)17/h5-6,9-10,18H,4,7-8,11-13H2,1-3H3. The normalized spacial score (nSPS) is 11.8. The van der Waals surface area contributed by atoms with Crippen LogP contribution in [0.15, 0.2) is 24.3 Å². The van der Waals surface area contributed by atoms with Crippen LogP contribution >= 0.6 is 11.6 Å². The summed E-state index contributed by atoms with van der Waals surface area (Å²) in [5, 5.41) is 4.28. The number of nitrogens with one attached hydrogen (secondary N) is 1. The third-order valence-electron chi connectivity index (χ3n) is 2.84. The highest BCUT2D eigenvalue weighted by atomic mass is 35.5. The largest absolute Gasteiger partial charge is 0.377 e. The van der Waals surface area contributed by atoms with Gasteiger partial charge >= 0.3 is 0 Å². The van der Waals surface area contributed by atoms with Gasteiger partial charge in [-0.25, -0.2) is 0 Å². The molecule has 1 N–H and O–H groups in total. The van der Waals surface area contributed by atoms with Crippen LogP contribution in [0.2, 0.25) is 5.02 Å². The van der Waals surface area contributed by atoms with Crippen molar-refractivity contribution in [2.24, 2.45) is 0 Å². The van der Waals surface area contributed by atoms with E-state index in [9.17, 15) is 0 Å². The molecule has 0 amide bonds. The van der Waals surface area contributed by atoms with Crippen LogP contribution in [0.25, 0.3) is 0 Å². The van der Waals surface area contributed by atoms with Crippen molar-refractivity contribution in [1.82, 2.24) is 5.32 Å². The van der Waals surface area contributed by atoms with Gasteiger partial charge in [0, 0.05) is 17.2 Å². The summed E-state index contributed by atoms with van der Waals surface area (Å²) in [6, 6.07) is 7.84. The van der Waals surface area contributed by atoms with Gasteiger partial charge in [0.05, 0.1) is 6.61 Å². The van der Waals surface area contributed by atoms with E-state index in [0.29, 0.717) is 6.61 Å². The summed E-state index contributed by atoms with van der Waals surface area (Å²) in [6.45, 7) is 9.08. The minimum absolute atomic E-state index is 0.223. The molecule has 0 fully saturated rings. The predicted molar refractivity (Wildman–Crippen MR) is 82.7 cm³/mol. The molecule has 1 aromatic rings. The third kappa shape index (κ3) is 8.25. The van der Waals surface area contributed by atoms with Crippen molar-refractivity contribution in [2.75, 3.05) is 13.2 Å². The van der Waals surface area contributed by atoms with E-state index in [1.54, 1.807) is 0 Å². The number of rotatable bonds is 8. The van der Waals surface area contributed by atoms with E-state index in [1.807, 2.05) is 24.3 Å². The summed E-state index contributed by atoms with van der Waals surface area (Å²) >= 11 is 6.06. The van der Waals surface area contributed by atoms with Gasteiger partial charge in [-0.2, -0.15) is 0 Å². The Kier molecular flexibility index (Phi) is 7.44. The van der Waals surface area contributed by atoms with Crippen LogP contribution in [0.3, 0.4) is 0 Å². The summed E-state index contributed by atoms with van der Waals surface area (Å²) in [5.74, 6) is 0. The lowest BCUT2D eigenvalue weighted by Crippen LogP contribution is -2.36. The quantitative estimate of drug-likeness (QED) is 0.713. The zero-order valence-electron chi connectivity index (χ0n) is 12.3. The highest BCUT2D eigenvalue weighted by Crippen LogP contribution is 2.15. The first-order valence-corrected chi connectivity index (χ1v) is 7.43. The Balaban J connectivity index is 1.99. The average molecular weight is 284 g/mol. The molecule has 0 radical (unpaired) electrons. The van der Waals surface area contributed by atoms with Crippen molar-refractivity contribution in [3.05, 3.63) is 34.9 Å². The Hall–Kier alpha value is -0.570. The zero-order valence-corrected chi connectivity index (χ0v) is 13.1. The number of halogens is 1. The van der Waals surface area contributed by atoms with E-state index in [0.717, 1.165) is 30.2 Å². The smallest absolute Gasteiger partial charge is 0.0731 e. The summed E-state index contributed by atoms with van der Waals surface area (Å²) in [6.07, 6.45) is 3.51. The molecular formula is C16H26ClNO. The fraction of sp³-hybridized carbons (Fsp3) is 0.625. The highest BCUT2D eigenvalue weighted by molar-refractivity contribution is 6.31. The highest BCUT2D eigenvalue weighted by Gasteiger charge is 2.06. The fourth-order valence-electron chi connectivity index (χ4n) is 1.77. The molecule has 0 unspecified atom stereocenters. The molecule has 0 aliphatic heterocycles. The van der Waals surface area contributed by atoms with Crippen LogP contribution < -0.4 is 5.32 Å². The first-order valence-electron chi connectivity index (χ1n) is 7.05. The van der Waals surface area contributed by atoms with Gasteiger partial charge in [-0.05, 0) is 58.2 Å². The molecule has 2 nitrogen and oxygen atoms in total. The lowest BCUT2D eigenvalue weighted by molar-refractivity contribution is 0.117. The first kappa shape index (κ1) is 16.5. The molecule has 0 bridgehead atoms. The Labute approximate surface area is 122 Å². The van der Waals surface area contributed by atoms with Gasteiger partial charge < -0.3 is 10.1 Å². The zero-order chi connectivity index (χ0) is 14.1. The Bertz CT molecular complexity index is 360. The monoisotopic (exact) mass is 283 g/mol. The lowest BCUT2D eigenvalue weighted by Gasteiger charge is -2.20. The van der Waals surface area contributed by atoms with E-state index in [1.165, 1.54) is 12.8 Å². The Morgan fingerprint density at radius 2 is 1.84 bits per heavy atom. The maximum Gasteiger partial charge on any atom is 0.0731 e. The number of ether oxygens (including phenoxy) is 1. The van der Waals surface area contributed by atoms with Crippen LogP contribution in [0.1, 0.15) is 45.6 Å². The maximum absolute atomic E-state index is 6.06.